The van der Waals surface area contributed by atoms with Crippen LogP contribution in [-0.4, -0.2) is 39.4 Å². The molecule has 3 N–H and O–H groups in total. The highest BCUT2D eigenvalue weighted by Gasteiger charge is 2.25. The Kier molecular flexibility index (Phi) is 4.21. The SMILES string of the molecule is [2H]C([2H])(CC)C([2H])(O)C1([2H])CCN(Cc2ccc3c(c2O)OC=C(O)C=C3)CC1. The van der Waals surface area contributed by atoms with Gasteiger partial charge < -0.3 is 20.1 Å². The second kappa shape index (κ2) is 7.93. The van der Waals surface area contributed by atoms with Gasteiger partial charge in [-0.3, -0.25) is 4.90 Å². The van der Waals surface area contributed by atoms with Gasteiger partial charge in [-0.1, -0.05) is 25.5 Å². The molecule has 0 aromatic heterocycles. The molecule has 1 unspecified atom stereocenters. The predicted molar refractivity (Wildman–Crippen MR) is 97.4 cm³/mol. The molecule has 2 heterocycles. The molecular formula is C20H27NO4. The van der Waals surface area contributed by atoms with Gasteiger partial charge in [0, 0.05) is 21.8 Å². The van der Waals surface area contributed by atoms with Gasteiger partial charge in [0.15, 0.2) is 17.3 Å². The van der Waals surface area contributed by atoms with E-state index in [1.807, 2.05) is 4.90 Å². The van der Waals surface area contributed by atoms with E-state index >= 15 is 0 Å². The molecule has 1 atom stereocenters. The van der Waals surface area contributed by atoms with Crippen molar-refractivity contribution in [2.24, 2.45) is 5.89 Å². The summed E-state index contributed by atoms with van der Waals surface area (Å²) in [4.78, 5) is 1.99. The number of phenolic OH excluding ortho intramolecular Hbond substituents is 1. The maximum atomic E-state index is 10.6. The molecule has 1 aromatic rings. The van der Waals surface area contributed by atoms with Crippen LogP contribution in [-0.2, 0) is 6.54 Å². The van der Waals surface area contributed by atoms with E-state index < -0.39 is 18.3 Å². The molecule has 0 aliphatic carbocycles. The summed E-state index contributed by atoms with van der Waals surface area (Å²) in [7, 11) is 0. The van der Waals surface area contributed by atoms with Crippen molar-refractivity contribution in [3.63, 3.8) is 0 Å². The number of aromatic hydroxyl groups is 1. The molecule has 1 fully saturated rings. The average Bonchev–Trinajstić information content (AvgIpc) is 2.87. The lowest BCUT2D eigenvalue weighted by Crippen LogP contribution is -2.37. The van der Waals surface area contributed by atoms with Gasteiger partial charge in [-0.2, -0.15) is 0 Å². The molecule has 136 valence electrons. The number of piperidine rings is 1. The van der Waals surface area contributed by atoms with Crippen LogP contribution in [0.25, 0.3) is 6.08 Å². The predicted octanol–water partition coefficient (Wildman–Crippen LogP) is 3.57. The Labute approximate surface area is 154 Å². The van der Waals surface area contributed by atoms with Crippen LogP contribution in [0.5, 0.6) is 11.5 Å². The van der Waals surface area contributed by atoms with Gasteiger partial charge in [0.25, 0.3) is 0 Å². The molecule has 0 bridgehead atoms. The van der Waals surface area contributed by atoms with Gasteiger partial charge in [0.05, 0.1) is 7.45 Å². The smallest absolute Gasteiger partial charge is 0.175 e. The first-order valence-electron chi connectivity index (χ1n) is 10.5. The fraction of sp³-hybridized carbons (Fsp3) is 0.500. The molecule has 0 amide bonds. The average molecular weight is 349 g/mol. The van der Waals surface area contributed by atoms with Crippen LogP contribution in [0.1, 0.15) is 49.2 Å². The molecular weight excluding hydrogens is 318 g/mol. The maximum absolute atomic E-state index is 10.6. The van der Waals surface area contributed by atoms with Crippen LogP contribution in [0.15, 0.2) is 30.2 Å². The second-order valence-corrected chi connectivity index (χ2v) is 6.24. The van der Waals surface area contributed by atoms with Crippen LogP contribution in [0, 0.1) is 5.89 Å². The lowest BCUT2D eigenvalue weighted by atomic mass is 9.89. The van der Waals surface area contributed by atoms with Crippen molar-refractivity contribution >= 4 is 6.08 Å². The van der Waals surface area contributed by atoms with E-state index in [4.69, 9.17) is 10.2 Å². The quantitative estimate of drug-likeness (QED) is 0.758. The van der Waals surface area contributed by atoms with E-state index in [-0.39, 0.29) is 36.5 Å². The van der Waals surface area contributed by atoms with Gasteiger partial charge in [-0.25, -0.2) is 0 Å². The van der Waals surface area contributed by atoms with Gasteiger partial charge in [0.2, 0.25) is 0 Å². The third kappa shape index (κ3) is 4.17. The summed E-state index contributed by atoms with van der Waals surface area (Å²) >= 11 is 0. The van der Waals surface area contributed by atoms with Crippen molar-refractivity contribution in [1.82, 2.24) is 4.90 Å². The number of rotatable bonds is 5. The topological polar surface area (TPSA) is 73.2 Å². The Morgan fingerprint density at radius 1 is 1.36 bits per heavy atom. The summed E-state index contributed by atoms with van der Waals surface area (Å²) in [5.41, 5.74) is 1.26. The van der Waals surface area contributed by atoms with Crippen LogP contribution < -0.4 is 4.74 Å². The number of nitrogens with zero attached hydrogens (tertiary/aromatic N) is 1. The Balaban J connectivity index is 1.72. The lowest BCUT2D eigenvalue weighted by Gasteiger charge is -2.34. The molecule has 0 spiro atoms. The summed E-state index contributed by atoms with van der Waals surface area (Å²) in [5.74, 6) is -1.43. The van der Waals surface area contributed by atoms with Gasteiger partial charge >= 0.3 is 0 Å². The van der Waals surface area contributed by atoms with Crippen LogP contribution >= 0.6 is 0 Å². The highest BCUT2D eigenvalue weighted by molar-refractivity contribution is 5.66. The normalized spacial score (nSPS) is 25.1. The number of likely N-dealkylation sites (tertiary alicyclic amines) is 1. The van der Waals surface area contributed by atoms with Crippen molar-refractivity contribution in [3.8, 4) is 11.5 Å². The summed E-state index contributed by atoms with van der Waals surface area (Å²) in [5, 5.41) is 30.7. The zero-order valence-electron chi connectivity index (χ0n) is 18.3. The maximum Gasteiger partial charge on any atom is 0.175 e. The standard InChI is InChI=1S/C20H27NO4/c1-2-3-18(23)14-8-10-21(11-9-14)12-16-5-4-15-6-7-17(22)13-25-20(15)19(16)24/h4-7,13-14,18,22-24H,2-3,8-12H2,1H3/i3D2,14D,18D. The first-order valence-corrected chi connectivity index (χ1v) is 8.54. The Morgan fingerprint density at radius 3 is 2.84 bits per heavy atom. The van der Waals surface area contributed by atoms with E-state index in [0.29, 0.717) is 30.8 Å². The number of allylic oxidation sites excluding steroid dienone is 1. The van der Waals surface area contributed by atoms with Crippen molar-refractivity contribution in [1.29, 1.82) is 0 Å². The first-order chi connectivity index (χ1) is 13.5. The molecule has 25 heavy (non-hydrogen) atoms. The number of benzene rings is 1. The van der Waals surface area contributed by atoms with Gasteiger partial charge in [0.1, 0.15) is 6.26 Å². The van der Waals surface area contributed by atoms with Crippen molar-refractivity contribution in [2.45, 2.75) is 45.2 Å². The van der Waals surface area contributed by atoms with E-state index in [0.717, 1.165) is 6.26 Å². The van der Waals surface area contributed by atoms with Gasteiger partial charge in [-0.15, -0.1) is 0 Å². The number of hydrogen-bond acceptors (Lipinski definition) is 5. The number of hydrogen-bond donors (Lipinski definition) is 3. The summed E-state index contributed by atoms with van der Waals surface area (Å²) in [6.07, 6.45) is -0.152. The molecule has 2 aliphatic heterocycles. The molecule has 5 heteroatoms. The van der Waals surface area contributed by atoms with E-state index in [1.54, 1.807) is 25.1 Å². The minimum Gasteiger partial charge on any atom is -0.505 e. The molecule has 5 nitrogen and oxygen atoms in total. The van der Waals surface area contributed by atoms with Gasteiger partial charge in [-0.05, 0) is 50.4 Å². The van der Waals surface area contributed by atoms with Crippen LogP contribution in [0.4, 0.5) is 0 Å². The molecule has 0 radical (unpaired) electrons. The minimum atomic E-state index is -2.50. The first kappa shape index (κ1) is 13.3. The summed E-state index contributed by atoms with van der Waals surface area (Å²) < 4.78 is 38.0. The number of fused-ring (bicyclic) bond motifs is 1. The fourth-order valence-electron chi connectivity index (χ4n) is 3.10. The summed E-state index contributed by atoms with van der Waals surface area (Å²) in [6.45, 7) is 2.73. The molecule has 1 aromatic carbocycles. The monoisotopic (exact) mass is 349 g/mol. The Hall–Kier alpha value is -1.98. The highest BCUT2D eigenvalue weighted by atomic mass is 16.5. The number of phenols is 1. The minimum absolute atomic E-state index is 0.0277. The zero-order chi connectivity index (χ0) is 21.4. The number of aliphatic hydroxyl groups excluding tert-OH is 1. The van der Waals surface area contributed by atoms with Crippen molar-refractivity contribution in [3.05, 3.63) is 41.4 Å². The molecule has 1 saturated heterocycles. The Bertz CT molecular complexity index is 830. The lowest BCUT2D eigenvalue weighted by molar-refractivity contribution is 0.0510. The van der Waals surface area contributed by atoms with Crippen molar-refractivity contribution in [2.75, 3.05) is 13.1 Å². The van der Waals surface area contributed by atoms with E-state index in [2.05, 4.69) is 0 Å². The number of ether oxygens (including phenoxy) is 1. The largest absolute Gasteiger partial charge is 0.505 e. The number of aliphatic hydroxyl groups is 2. The van der Waals surface area contributed by atoms with E-state index in [1.165, 1.54) is 6.08 Å². The van der Waals surface area contributed by atoms with Crippen LogP contribution in [0.3, 0.4) is 0 Å². The molecule has 0 saturated carbocycles. The molecule has 2 aliphatic rings. The third-order valence-electron chi connectivity index (χ3n) is 4.51. The molecule has 3 rings (SSSR count). The zero-order valence-corrected chi connectivity index (χ0v) is 14.3. The summed E-state index contributed by atoms with van der Waals surface area (Å²) in [6, 6.07) is 3.55. The second-order valence-electron chi connectivity index (χ2n) is 6.24. The van der Waals surface area contributed by atoms with Crippen LogP contribution in [0.2, 0.25) is 0 Å². The fourth-order valence-corrected chi connectivity index (χ4v) is 3.10. The van der Waals surface area contributed by atoms with Crippen molar-refractivity contribution < 1.29 is 25.5 Å². The Morgan fingerprint density at radius 2 is 2.12 bits per heavy atom. The highest BCUT2D eigenvalue weighted by Crippen LogP contribution is 2.37. The van der Waals surface area contributed by atoms with E-state index in [9.17, 15) is 15.3 Å². The third-order valence-corrected chi connectivity index (χ3v) is 4.51.